The fourth-order valence-electron chi connectivity index (χ4n) is 4.49. The molecule has 0 saturated carbocycles. The third-order valence-corrected chi connectivity index (χ3v) is 8.80. The molecule has 41 heavy (non-hydrogen) atoms. The van der Waals surface area contributed by atoms with Crippen molar-refractivity contribution in [3.8, 4) is 11.1 Å². The number of carboxylic acids is 1. The summed E-state index contributed by atoms with van der Waals surface area (Å²) < 4.78 is 50.3. The van der Waals surface area contributed by atoms with Gasteiger partial charge in [-0.1, -0.05) is 42.5 Å². The van der Waals surface area contributed by atoms with Crippen molar-refractivity contribution < 1.29 is 31.5 Å². The number of carbonyl (C=O) groups is 2. The summed E-state index contributed by atoms with van der Waals surface area (Å²) in [6.45, 7) is -0.921. The Labute approximate surface area is 237 Å². The summed E-state index contributed by atoms with van der Waals surface area (Å²) in [6.07, 6.45) is 3.37. The van der Waals surface area contributed by atoms with Gasteiger partial charge in [0, 0.05) is 29.1 Å². The van der Waals surface area contributed by atoms with E-state index >= 15 is 0 Å². The molecule has 214 valence electrons. The molecule has 4 rings (SSSR count). The number of rotatable bonds is 10. The van der Waals surface area contributed by atoms with Gasteiger partial charge in [0.25, 0.3) is 0 Å². The number of carboxylic acid groups (broad SMARTS) is 1. The molecule has 1 amide bonds. The summed E-state index contributed by atoms with van der Waals surface area (Å²) in [7, 11) is -7.62. The Morgan fingerprint density at radius 2 is 1.66 bits per heavy atom. The molecule has 11 nitrogen and oxygen atoms in total. The predicted molar refractivity (Wildman–Crippen MR) is 156 cm³/mol. The van der Waals surface area contributed by atoms with E-state index in [-0.39, 0.29) is 17.1 Å². The smallest absolute Gasteiger partial charge is 0.318 e. The first-order chi connectivity index (χ1) is 19.2. The number of sulfonamides is 1. The van der Waals surface area contributed by atoms with Crippen LogP contribution in [-0.4, -0.2) is 68.2 Å². The number of fused-ring (bicyclic) bond motifs is 1. The Kier molecular flexibility index (Phi) is 8.42. The Bertz CT molecular complexity index is 1840. The minimum atomic E-state index is -4.13. The highest BCUT2D eigenvalue weighted by atomic mass is 32.2. The fraction of sp³-hybridized carbons (Fsp3) is 0.179. The lowest BCUT2D eigenvalue weighted by molar-refractivity contribution is -0.137. The lowest BCUT2D eigenvalue weighted by Crippen LogP contribution is -2.50. The summed E-state index contributed by atoms with van der Waals surface area (Å²) in [5.41, 5.74) is 7.92. The second-order valence-electron chi connectivity index (χ2n) is 9.51. The van der Waals surface area contributed by atoms with E-state index in [1.54, 1.807) is 72.9 Å². The van der Waals surface area contributed by atoms with Crippen LogP contribution in [0.15, 0.2) is 83.9 Å². The highest BCUT2D eigenvalue weighted by molar-refractivity contribution is 7.90. The van der Waals surface area contributed by atoms with Crippen LogP contribution >= 0.6 is 0 Å². The Hall–Kier alpha value is -4.33. The molecule has 0 radical (unpaired) electrons. The van der Waals surface area contributed by atoms with Gasteiger partial charge in [0.05, 0.1) is 11.2 Å². The number of amides is 1. The van der Waals surface area contributed by atoms with Crippen molar-refractivity contribution in [1.29, 1.82) is 0 Å². The van der Waals surface area contributed by atoms with Crippen LogP contribution in [0.25, 0.3) is 21.9 Å². The summed E-state index contributed by atoms with van der Waals surface area (Å²) in [6, 6.07) is 18.3. The molecule has 1 heterocycles. The summed E-state index contributed by atoms with van der Waals surface area (Å²) >= 11 is 0. The number of benzene rings is 3. The standard InChI is InChI=1S/C28H28N4O7S2/c1-40(36,37)25-6-4-3-5-22(25)19-9-11-21(12-10-19)31-28(35)24(32(17-26(33)34)41(2,38)39)16-18-7-8-20-13-14-30-27(29)23(20)15-18/h3-15,24H,16-17H2,1-2H3,(H2,29,30)(H,31,35)(H,33,34)/t24-/m0/s1. The van der Waals surface area contributed by atoms with Gasteiger partial charge in [-0.25, -0.2) is 21.8 Å². The van der Waals surface area contributed by atoms with Crippen molar-refractivity contribution >= 4 is 54.0 Å². The van der Waals surface area contributed by atoms with Crippen molar-refractivity contribution in [2.45, 2.75) is 17.4 Å². The third-order valence-electron chi connectivity index (χ3n) is 6.41. The van der Waals surface area contributed by atoms with E-state index in [1.165, 1.54) is 6.07 Å². The van der Waals surface area contributed by atoms with Crippen molar-refractivity contribution in [1.82, 2.24) is 9.29 Å². The van der Waals surface area contributed by atoms with Gasteiger partial charge in [0.2, 0.25) is 15.9 Å². The number of pyridine rings is 1. The number of sulfone groups is 1. The number of hydrogen-bond acceptors (Lipinski definition) is 8. The second kappa shape index (κ2) is 11.6. The number of nitrogen functional groups attached to an aromatic ring is 1. The lowest BCUT2D eigenvalue weighted by atomic mass is 10.0. The van der Waals surface area contributed by atoms with E-state index < -0.39 is 44.3 Å². The van der Waals surface area contributed by atoms with Gasteiger partial charge < -0.3 is 16.2 Å². The molecule has 4 N–H and O–H groups in total. The first-order valence-electron chi connectivity index (χ1n) is 12.3. The van der Waals surface area contributed by atoms with Crippen molar-refractivity contribution in [2.24, 2.45) is 0 Å². The maximum atomic E-state index is 13.5. The average Bonchev–Trinajstić information content (AvgIpc) is 2.90. The largest absolute Gasteiger partial charge is 0.480 e. The maximum absolute atomic E-state index is 13.5. The average molecular weight is 597 g/mol. The van der Waals surface area contributed by atoms with Crippen LogP contribution in [0.3, 0.4) is 0 Å². The Morgan fingerprint density at radius 1 is 0.976 bits per heavy atom. The van der Waals surface area contributed by atoms with Crippen molar-refractivity contribution in [3.05, 3.63) is 84.6 Å². The van der Waals surface area contributed by atoms with Crippen molar-refractivity contribution in [2.75, 3.05) is 30.1 Å². The molecule has 0 aliphatic heterocycles. The summed E-state index contributed by atoms with van der Waals surface area (Å²) in [5, 5.41) is 13.5. The number of nitrogens with zero attached hydrogens (tertiary/aromatic N) is 2. The minimum absolute atomic E-state index is 0.143. The van der Waals surface area contributed by atoms with Crippen LogP contribution < -0.4 is 11.1 Å². The molecule has 4 aromatic rings. The zero-order valence-electron chi connectivity index (χ0n) is 22.2. The number of aromatic nitrogens is 1. The van der Waals surface area contributed by atoms with E-state index in [4.69, 9.17) is 5.73 Å². The highest BCUT2D eigenvalue weighted by Gasteiger charge is 2.34. The molecule has 0 saturated heterocycles. The number of anilines is 2. The van der Waals surface area contributed by atoms with Gasteiger partial charge in [-0.05, 0) is 53.3 Å². The van der Waals surface area contributed by atoms with E-state index in [2.05, 4.69) is 10.3 Å². The topological polar surface area (TPSA) is 177 Å². The van der Waals surface area contributed by atoms with Crippen molar-refractivity contribution in [3.63, 3.8) is 0 Å². The van der Waals surface area contributed by atoms with Crippen LogP contribution in [0, 0.1) is 0 Å². The molecule has 0 bridgehead atoms. The van der Waals surface area contributed by atoms with E-state index in [0.29, 0.717) is 32.1 Å². The second-order valence-corrected chi connectivity index (χ2v) is 13.4. The Morgan fingerprint density at radius 3 is 2.29 bits per heavy atom. The quantitative estimate of drug-likeness (QED) is 0.248. The first kappa shape index (κ1) is 29.6. The normalized spacial score (nSPS) is 12.8. The minimum Gasteiger partial charge on any atom is -0.480 e. The van der Waals surface area contributed by atoms with Crippen LogP contribution in [-0.2, 0) is 35.9 Å². The SMILES string of the molecule is CS(=O)(=O)c1ccccc1-c1ccc(NC(=O)[C@H](Cc2ccc3ccnc(N)c3c2)N(CC(=O)O)S(C)(=O)=O)cc1. The number of nitrogens with two attached hydrogens (primary N) is 1. The Balaban J connectivity index is 1.67. The van der Waals surface area contributed by atoms with E-state index in [9.17, 15) is 31.5 Å². The van der Waals surface area contributed by atoms with Gasteiger partial charge in [0.1, 0.15) is 18.4 Å². The van der Waals surface area contributed by atoms with E-state index in [0.717, 1.165) is 17.9 Å². The predicted octanol–water partition coefficient (Wildman–Crippen LogP) is 2.78. The van der Waals surface area contributed by atoms with Gasteiger partial charge in [0.15, 0.2) is 9.84 Å². The van der Waals surface area contributed by atoms with Crippen LogP contribution in [0.4, 0.5) is 11.5 Å². The van der Waals surface area contributed by atoms with Gasteiger partial charge in [-0.15, -0.1) is 0 Å². The van der Waals surface area contributed by atoms with Crippen LogP contribution in [0.5, 0.6) is 0 Å². The monoisotopic (exact) mass is 596 g/mol. The zero-order valence-corrected chi connectivity index (χ0v) is 23.8. The molecule has 0 aliphatic carbocycles. The molecule has 0 fully saturated rings. The fourth-order valence-corrected chi connectivity index (χ4v) is 6.38. The molecule has 0 spiro atoms. The molecule has 1 atom stereocenters. The number of aliphatic carboxylic acids is 1. The molecule has 1 aromatic heterocycles. The van der Waals surface area contributed by atoms with Gasteiger partial charge in [-0.2, -0.15) is 4.31 Å². The highest BCUT2D eigenvalue weighted by Crippen LogP contribution is 2.29. The molecule has 0 aliphatic rings. The number of carbonyl (C=O) groups excluding carboxylic acids is 1. The number of nitrogens with one attached hydrogen (secondary N) is 1. The maximum Gasteiger partial charge on any atom is 0.318 e. The van der Waals surface area contributed by atoms with Gasteiger partial charge in [-0.3, -0.25) is 9.59 Å². The molecule has 3 aromatic carbocycles. The molecular formula is C28H28N4O7S2. The number of hydrogen-bond donors (Lipinski definition) is 3. The first-order valence-corrected chi connectivity index (χ1v) is 16.0. The summed E-state index contributed by atoms with van der Waals surface area (Å²) in [5.74, 6) is -1.91. The van der Waals surface area contributed by atoms with Gasteiger partial charge >= 0.3 is 5.97 Å². The molecular weight excluding hydrogens is 568 g/mol. The molecule has 13 heteroatoms. The zero-order chi connectivity index (χ0) is 29.9. The summed E-state index contributed by atoms with van der Waals surface area (Å²) in [4.78, 5) is 29.3. The van der Waals surface area contributed by atoms with E-state index in [1.807, 2.05) is 0 Å². The van der Waals surface area contributed by atoms with Crippen LogP contribution in [0.1, 0.15) is 5.56 Å². The van der Waals surface area contributed by atoms with Crippen LogP contribution in [0.2, 0.25) is 0 Å². The lowest BCUT2D eigenvalue weighted by Gasteiger charge is -2.28. The molecule has 0 unspecified atom stereocenters. The third kappa shape index (κ3) is 7.06.